The second-order valence-corrected chi connectivity index (χ2v) is 15.7. The van der Waals surface area contributed by atoms with Crippen LogP contribution in [0.1, 0.15) is 90.0 Å². The number of carbonyl (C=O) groups is 4. The maximum atomic E-state index is 13.8. The minimum absolute atomic E-state index is 0.0568. The molecule has 0 radical (unpaired) electrons. The predicted octanol–water partition coefficient (Wildman–Crippen LogP) is 7.64. The molecule has 14 heteroatoms. The number of nitrogens with zero attached hydrogens (tertiary/aromatic N) is 4. The van der Waals surface area contributed by atoms with E-state index in [0.29, 0.717) is 13.1 Å². The standard InChI is InChI=1S/C44H54N8O6/c1-7-25(3)37(49-43(55)57-5)41(53)51-19-9-11-35(51)39-45-24-34(48-39)31-16-15-27-21-28(13-14-29(27)22-31)30-17-18-32-33(23-30)47-40(46-32)36-12-10-20-52(36)42(54)38(26(4)8-2)50-44(56)58-6/h13-18,21-26,35-38H,7-12,19-20H2,1-6H3,(H,45,48)(H,46,47)(H,49,55)(H,50,56)/t25-,26-,35+,36+,37+,38+/m1/s1. The molecule has 2 aliphatic heterocycles. The number of nitrogens with one attached hydrogen (secondary N) is 4. The summed E-state index contributed by atoms with van der Waals surface area (Å²) in [6.07, 6.45) is 5.32. The number of alkyl carbamates (subject to hydrolysis) is 2. The van der Waals surface area contributed by atoms with Gasteiger partial charge in [0.25, 0.3) is 0 Å². The second-order valence-electron chi connectivity index (χ2n) is 15.7. The van der Waals surface area contributed by atoms with Gasteiger partial charge in [-0.2, -0.15) is 0 Å². The molecule has 0 saturated carbocycles. The summed E-state index contributed by atoms with van der Waals surface area (Å²) < 4.78 is 9.63. The van der Waals surface area contributed by atoms with Crippen molar-refractivity contribution in [3.05, 3.63) is 72.4 Å². The highest BCUT2D eigenvalue weighted by Crippen LogP contribution is 2.36. The number of imidazole rings is 2. The van der Waals surface area contributed by atoms with Gasteiger partial charge in [0.2, 0.25) is 11.8 Å². The van der Waals surface area contributed by atoms with Crippen LogP contribution in [0.25, 0.3) is 44.2 Å². The number of benzene rings is 3. The van der Waals surface area contributed by atoms with Crippen LogP contribution < -0.4 is 10.6 Å². The van der Waals surface area contributed by atoms with E-state index < -0.39 is 24.3 Å². The Bertz CT molecular complexity index is 2300. The SMILES string of the molecule is CC[C@@H](C)[C@H](NC(=O)OC)C(=O)N1CCC[C@H]1c1ncc(-c2ccc3cc(-c4ccc5nc([C@@H]6CCCN6C(=O)[C@@H](NC(=O)OC)[C@H](C)CC)[nH]c5c4)ccc3c2)[nH]1. The molecule has 2 aliphatic rings. The van der Waals surface area contributed by atoms with Gasteiger partial charge in [-0.3, -0.25) is 9.59 Å². The summed E-state index contributed by atoms with van der Waals surface area (Å²) in [7, 11) is 2.60. The molecule has 5 aromatic rings. The number of H-pyrrole nitrogens is 2. The maximum absolute atomic E-state index is 13.8. The molecule has 6 atom stereocenters. The predicted molar refractivity (Wildman–Crippen MR) is 222 cm³/mol. The first-order valence-corrected chi connectivity index (χ1v) is 20.4. The van der Waals surface area contributed by atoms with Crippen LogP contribution in [-0.2, 0) is 19.1 Å². The van der Waals surface area contributed by atoms with E-state index in [1.54, 1.807) is 0 Å². The minimum Gasteiger partial charge on any atom is -0.453 e. The highest BCUT2D eigenvalue weighted by Gasteiger charge is 2.39. The topological polar surface area (TPSA) is 175 Å². The average Bonchev–Trinajstić information content (AvgIpc) is 4.09. The van der Waals surface area contributed by atoms with Crippen molar-refractivity contribution in [3.63, 3.8) is 0 Å². The maximum Gasteiger partial charge on any atom is 0.407 e. The van der Waals surface area contributed by atoms with Gasteiger partial charge in [0, 0.05) is 18.7 Å². The number of rotatable bonds is 12. The number of fused-ring (bicyclic) bond motifs is 2. The van der Waals surface area contributed by atoms with Crippen LogP contribution in [0.5, 0.6) is 0 Å². The van der Waals surface area contributed by atoms with Crippen molar-refractivity contribution in [3.8, 4) is 22.4 Å². The Labute approximate surface area is 338 Å². The van der Waals surface area contributed by atoms with E-state index in [9.17, 15) is 19.2 Å². The number of carbonyl (C=O) groups excluding carboxylic acids is 4. The van der Waals surface area contributed by atoms with Crippen molar-refractivity contribution >= 4 is 45.8 Å². The molecule has 2 aromatic heterocycles. The summed E-state index contributed by atoms with van der Waals surface area (Å²) in [5, 5.41) is 7.68. The molecule has 306 valence electrons. The Kier molecular flexibility index (Phi) is 12.0. The van der Waals surface area contributed by atoms with Gasteiger partial charge in [-0.15, -0.1) is 0 Å². The van der Waals surface area contributed by atoms with E-state index in [-0.39, 0.29) is 35.7 Å². The summed E-state index contributed by atoms with van der Waals surface area (Å²) in [5.41, 5.74) is 5.67. The smallest absolute Gasteiger partial charge is 0.407 e. The van der Waals surface area contributed by atoms with E-state index >= 15 is 0 Å². The average molecular weight is 791 g/mol. The van der Waals surface area contributed by atoms with E-state index in [0.717, 1.165) is 94.4 Å². The zero-order valence-corrected chi connectivity index (χ0v) is 34.1. The molecule has 0 aliphatic carbocycles. The minimum atomic E-state index is -0.679. The summed E-state index contributed by atoms with van der Waals surface area (Å²) in [6.45, 7) is 9.11. The van der Waals surface area contributed by atoms with Crippen LogP contribution >= 0.6 is 0 Å². The van der Waals surface area contributed by atoms with E-state index in [1.165, 1.54) is 14.2 Å². The van der Waals surface area contributed by atoms with Crippen LogP contribution in [0, 0.1) is 11.8 Å². The fourth-order valence-corrected chi connectivity index (χ4v) is 8.34. The van der Waals surface area contributed by atoms with Crippen LogP contribution in [0.15, 0.2) is 60.8 Å². The number of amides is 4. The lowest BCUT2D eigenvalue weighted by Crippen LogP contribution is -2.51. The molecule has 4 amide bonds. The summed E-state index contributed by atoms with van der Waals surface area (Å²) in [5.74, 6) is 1.11. The molecular formula is C44H54N8O6. The highest BCUT2D eigenvalue weighted by atomic mass is 16.5. The molecule has 4 N–H and O–H groups in total. The van der Waals surface area contributed by atoms with Crippen molar-refractivity contribution in [2.45, 2.75) is 90.4 Å². The molecule has 0 spiro atoms. The zero-order chi connectivity index (χ0) is 41.1. The molecule has 2 fully saturated rings. The summed E-state index contributed by atoms with van der Waals surface area (Å²) in [6, 6.07) is 17.1. The van der Waals surface area contributed by atoms with E-state index in [4.69, 9.17) is 19.4 Å². The molecule has 58 heavy (non-hydrogen) atoms. The fraction of sp³-hybridized carbons (Fsp3) is 0.455. The third-order valence-corrected chi connectivity index (χ3v) is 12.2. The normalized spacial score (nSPS) is 18.9. The third kappa shape index (κ3) is 8.09. The molecular weight excluding hydrogens is 737 g/mol. The number of methoxy groups -OCH3 is 2. The lowest BCUT2D eigenvalue weighted by atomic mass is 9.97. The Morgan fingerprint density at radius 3 is 1.81 bits per heavy atom. The number of aromatic amines is 2. The number of hydrogen-bond acceptors (Lipinski definition) is 8. The quantitative estimate of drug-likeness (QED) is 0.0998. The van der Waals surface area contributed by atoms with Gasteiger partial charge in [-0.1, -0.05) is 70.9 Å². The van der Waals surface area contributed by atoms with Gasteiger partial charge in [0.1, 0.15) is 23.7 Å². The number of ether oxygens (including phenoxy) is 2. The Morgan fingerprint density at radius 2 is 1.24 bits per heavy atom. The zero-order valence-electron chi connectivity index (χ0n) is 34.1. The Balaban J connectivity index is 1.07. The lowest BCUT2D eigenvalue weighted by molar-refractivity contribution is -0.136. The lowest BCUT2D eigenvalue weighted by Gasteiger charge is -2.30. The van der Waals surface area contributed by atoms with Crippen LogP contribution in [-0.4, -0.2) is 93.1 Å². The molecule has 0 bridgehead atoms. The van der Waals surface area contributed by atoms with Gasteiger partial charge in [0.15, 0.2) is 0 Å². The summed E-state index contributed by atoms with van der Waals surface area (Å²) >= 11 is 0. The van der Waals surface area contributed by atoms with Crippen LogP contribution in [0.3, 0.4) is 0 Å². The molecule has 7 rings (SSSR count). The molecule has 0 unspecified atom stereocenters. The fourth-order valence-electron chi connectivity index (χ4n) is 8.34. The first kappa shape index (κ1) is 40.3. The Hall–Kier alpha value is -5.92. The van der Waals surface area contributed by atoms with Gasteiger partial charge >= 0.3 is 12.2 Å². The first-order valence-electron chi connectivity index (χ1n) is 20.4. The number of hydrogen-bond donors (Lipinski definition) is 4. The molecule has 2 saturated heterocycles. The highest BCUT2D eigenvalue weighted by molar-refractivity contribution is 5.92. The van der Waals surface area contributed by atoms with Crippen molar-refractivity contribution in [2.75, 3.05) is 27.3 Å². The van der Waals surface area contributed by atoms with Gasteiger partial charge in [0.05, 0.1) is 49.2 Å². The number of likely N-dealkylation sites (tertiary alicyclic amines) is 2. The van der Waals surface area contributed by atoms with Gasteiger partial charge in [-0.05, 0) is 83.7 Å². The van der Waals surface area contributed by atoms with Crippen molar-refractivity contribution in [2.24, 2.45) is 11.8 Å². The first-order chi connectivity index (χ1) is 28.0. The number of aromatic nitrogens is 4. The van der Waals surface area contributed by atoms with Gasteiger partial charge < -0.3 is 39.9 Å². The van der Waals surface area contributed by atoms with E-state index in [1.807, 2.05) is 49.8 Å². The Morgan fingerprint density at radius 1 is 0.724 bits per heavy atom. The van der Waals surface area contributed by atoms with Crippen LogP contribution in [0.2, 0.25) is 0 Å². The monoisotopic (exact) mass is 790 g/mol. The van der Waals surface area contributed by atoms with Crippen molar-refractivity contribution in [1.29, 1.82) is 0 Å². The molecule has 4 heterocycles. The van der Waals surface area contributed by atoms with Gasteiger partial charge in [-0.25, -0.2) is 19.6 Å². The van der Waals surface area contributed by atoms with E-state index in [2.05, 4.69) is 69.1 Å². The third-order valence-electron chi connectivity index (χ3n) is 12.2. The second kappa shape index (κ2) is 17.3. The molecule has 3 aromatic carbocycles. The van der Waals surface area contributed by atoms with Crippen molar-refractivity contribution in [1.82, 2.24) is 40.4 Å². The van der Waals surface area contributed by atoms with Crippen molar-refractivity contribution < 1.29 is 28.7 Å². The molecule has 14 nitrogen and oxygen atoms in total. The summed E-state index contributed by atoms with van der Waals surface area (Å²) in [4.78, 5) is 72.1. The van der Waals surface area contributed by atoms with Crippen LogP contribution in [0.4, 0.5) is 9.59 Å². The largest absolute Gasteiger partial charge is 0.453 e.